The predicted octanol–water partition coefficient (Wildman–Crippen LogP) is 3.24. The van der Waals surface area contributed by atoms with Crippen LogP contribution in [0.25, 0.3) is 5.69 Å². The van der Waals surface area contributed by atoms with Crippen molar-refractivity contribution in [1.29, 1.82) is 0 Å². The molecule has 0 saturated carbocycles. The maximum atomic E-state index is 11.8. The number of rotatable bonds is 6. The van der Waals surface area contributed by atoms with Gasteiger partial charge in [-0.1, -0.05) is 36.4 Å². The number of nitrogens with zero attached hydrogens (tertiary/aromatic N) is 3. The van der Waals surface area contributed by atoms with Gasteiger partial charge in [0, 0.05) is 11.1 Å². The SMILES string of the molecule is CCC(C)NC(=O)CSc1nncn1-c1ccc(C)c(Cl)c1. The van der Waals surface area contributed by atoms with Crippen molar-refractivity contribution in [3.8, 4) is 5.69 Å². The van der Waals surface area contributed by atoms with E-state index in [0.29, 0.717) is 15.9 Å². The molecule has 1 N–H and O–H groups in total. The largest absolute Gasteiger partial charge is 0.353 e. The third kappa shape index (κ3) is 4.24. The van der Waals surface area contributed by atoms with Crippen LogP contribution in [0.3, 0.4) is 0 Å². The molecular weight excluding hydrogens is 320 g/mol. The van der Waals surface area contributed by atoms with E-state index in [2.05, 4.69) is 15.5 Å². The first-order valence-corrected chi connectivity index (χ1v) is 8.46. The number of halogens is 1. The Kier molecular flexibility index (Phi) is 5.85. The minimum atomic E-state index is -0.00385. The molecule has 0 spiro atoms. The minimum Gasteiger partial charge on any atom is -0.353 e. The molecule has 2 aromatic rings. The van der Waals surface area contributed by atoms with Crippen LogP contribution in [0.4, 0.5) is 0 Å². The van der Waals surface area contributed by atoms with Crippen molar-refractivity contribution < 1.29 is 4.79 Å². The Hall–Kier alpha value is -1.53. The highest BCUT2D eigenvalue weighted by Gasteiger charge is 2.12. The van der Waals surface area contributed by atoms with E-state index in [4.69, 9.17) is 11.6 Å². The summed E-state index contributed by atoms with van der Waals surface area (Å²) in [7, 11) is 0. The number of hydrogen-bond donors (Lipinski definition) is 1. The fourth-order valence-corrected chi connectivity index (χ4v) is 2.70. The molecule has 118 valence electrons. The van der Waals surface area contributed by atoms with Crippen molar-refractivity contribution in [2.45, 2.75) is 38.4 Å². The Bertz CT molecular complexity index is 659. The summed E-state index contributed by atoms with van der Waals surface area (Å²) < 4.78 is 1.83. The number of benzene rings is 1. The number of hydrogen-bond acceptors (Lipinski definition) is 4. The van der Waals surface area contributed by atoms with E-state index in [0.717, 1.165) is 17.7 Å². The molecule has 0 aliphatic rings. The van der Waals surface area contributed by atoms with Crippen LogP contribution in [-0.4, -0.2) is 32.5 Å². The molecule has 1 aromatic carbocycles. The Labute approximate surface area is 139 Å². The second-order valence-electron chi connectivity index (χ2n) is 5.08. The highest BCUT2D eigenvalue weighted by atomic mass is 35.5. The lowest BCUT2D eigenvalue weighted by atomic mass is 10.2. The smallest absolute Gasteiger partial charge is 0.230 e. The van der Waals surface area contributed by atoms with Gasteiger partial charge in [-0.25, -0.2) is 0 Å². The van der Waals surface area contributed by atoms with Gasteiger partial charge in [0.25, 0.3) is 0 Å². The molecule has 1 aromatic heterocycles. The molecule has 0 radical (unpaired) electrons. The van der Waals surface area contributed by atoms with Crippen LogP contribution in [0.15, 0.2) is 29.7 Å². The maximum absolute atomic E-state index is 11.8. The number of carbonyl (C=O) groups is 1. The summed E-state index contributed by atoms with van der Waals surface area (Å²) in [4.78, 5) is 11.8. The first kappa shape index (κ1) is 16.8. The molecule has 1 amide bonds. The van der Waals surface area contributed by atoms with Crippen molar-refractivity contribution >= 4 is 29.3 Å². The van der Waals surface area contributed by atoms with Crippen LogP contribution in [0, 0.1) is 6.92 Å². The van der Waals surface area contributed by atoms with Crippen molar-refractivity contribution in [3.63, 3.8) is 0 Å². The van der Waals surface area contributed by atoms with Gasteiger partial charge in [-0.2, -0.15) is 0 Å². The third-order valence-corrected chi connectivity index (χ3v) is 4.65. The molecule has 5 nitrogen and oxygen atoms in total. The summed E-state index contributed by atoms with van der Waals surface area (Å²) in [5, 5.41) is 12.3. The summed E-state index contributed by atoms with van der Waals surface area (Å²) in [6.07, 6.45) is 2.53. The average Bonchev–Trinajstić information content (AvgIpc) is 2.96. The van der Waals surface area contributed by atoms with Gasteiger partial charge in [-0.05, 0) is 38.0 Å². The van der Waals surface area contributed by atoms with E-state index < -0.39 is 0 Å². The van der Waals surface area contributed by atoms with Gasteiger partial charge >= 0.3 is 0 Å². The summed E-state index contributed by atoms with van der Waals surface area (Å²) in [6.45, 7) is 5.97. The van der Waals surface area contributed by atoms with Crippen molar-refractivity contribution in [3.05, 3.63) is 35.1 Å². The summed E-state index contributed by atoms with van der Waals surface area (Å²) in [5.41, 5.74) is 1.89. The van der Waals surface area contributed by atoms with Crippen molar-refractivity contribution in [2.24, 2.45) is 0 Å². The standard InChI is InChI=1S/C15H19ClN4OS/c1-4-11(3)18-14(21)8-22-15-19-17-9-20(15)12-6-5-10(2)13(16)7-12/h5-7,9,11H,4,8H2,1-3H3,(H,18,21). The van der Waals surface area contributed by atoms with Gasteiger partial charge in [0.2, 0.25) is 5.91 Å². The van der Waals surface area contributed by atoms with E-state index in [-0.39, 0.29) is 11.9 Å². The van der Waals surface area contributed by atoms with Crippen LogP contribution >= 0.6 is 23.4 Å². The van der Waals surface area contributed by atoms with Crippen molar-refractivity contribution in [2.75, 3.05) is 5.75 Å². The molecule has 2 rings (SSSR count). The Morgan fingerprint density at radius 1 is 1.50 bits per heavy atom. The Morgan fingerprint density at radius 3 is 2.95 bits per heavy atom. The second kappa shape index (κ2) is 7.65. The molecule has 1 atom stereocenters. The molecule has 1 heterocycles. The lowest BCUT2D eigenvalue weighted by Gasteiger charge is -2.11. The molecule has 0 saturated heterocycles. The van der Waals surface area contributed by atoms with E-state index in [1.54, 1.807) is 6.33 Å². The van der Waals surface area contributed by atoms with Gasteiger partial charge < -0.3 is 5.32 Å². The zero-order valence-electron chi connectivity index (χ0n) is 12.8. The van der Waals surface area contributed by atoms with Crippen molar-refractivity contribution in [1.82, 2.24) is 20.1 Å². The quantitative estimate of drug-likeness (QED) is 0.821. The molecule has 0 aliphatic carbocycles. The third-order valence-electron chi connectivity index (χ3n) is 3.30. The molecule has 1 unspecified atom stereocenters. The molecule has 7 heteroatoms. The average molecular weight is 339 g/mol. The molecule has 0 aliphatic heterocycles. The number of aryl methyl sites for hydroxylation is 1. The van der Waals surface area contributed by atoms with Crippen LogP contribution < -0.4 is 5.32 Å². The summed E-state index contributed by atoms with van der Waals surface area (Å²) >= 11 is 7.51. The minimum absolute atomic E-state index is 0.00385. The van der Waals surface area contributed by atoms with Gasteiger partial charge in [0.05, 0.1) is 11.4 Å². The fourth-order valence-electron chi connectivity index (χ4n) is 1.78. The lowest BCUT2D eigenvalue weighted by molar-refractivity contribution is -0.119. The van der Waals surface area contributed by atoms with E-state index >= 15 is 0 Å². The Morgan fingerprint density at radius 2 is 2.27 bits per heavy atom. The van der Waals surface area contributed by atoms with Crippen LogP contribution in [-0.2, 0) is 4.79 Å². The topological polar surface area (TPSA) is 59.8 Å². The number of amides is 1. The number of nitrogens with one attached hydrogen (secondary N) is 1. The highest BCUT2D eigenvalue weighted by molar-refractivity contribution is 7.99. The highest BCUT2D eigenvalue weighted by Crippen LogP contribution is 2.23. The van der Waals surface area contributed by atoms with Crippen LogP contribution in [0.1, 0.15) is 25.8 Å². The molecular formula is C15H19ClN4OS. The number of thioether (sulfide) groups is 1. The van der Waals surface area contributed by atoms with E-state index in [9.17, 15) is 4.79 Å². The Balaban J connectivity index is 2.06. The van der Waals surface area contributed by atoms with Crippen LogP contribution in [0.5, 0.6) is 0 Å². The molecule has 0 fully saturated rings. The lowest BCUT2D eigenvalue weighted by Crippen LogP contribution is -2.33. The molecule has 22 heavy (non-hydrogen) atoms. The summed E-state index contributed by atoms with van der Waals surface area (Å²) in [5.74, 6) is 0.304. The van der Waals surface area contributed by atoms with Gasteiger partial charge in [-0.15, -0.1) is 10.2 Å². The summed E-state index contributed by atoms with van der Waals surface area (Å²) in [6, 6.07) is 5.95. The van der Waals surface area contributed by atoms with Gasteiger partial charge in [0.1, 0.15) is 6.33 Å². The zero-order chi connectivity index (χ0) is 16.1. The number of carbonyl (C=O) groups excluding carboxylic acids is 1. The predicted molar refractivity (Wildman–Crippen MR) is 89.7 cm³/mol. The van der Waals surface area contributed by atoms with E-state index in [1.807, 2.05) is 43.5 Å². The van der Waals surface area contributed by atoms with Crippen LogP contribution in [0.2, 0.25) is 5.02 Å². The van der Waals surface area contributed by atoms with E-state index in [1.165, 1.54) is 11.8 Å². The zero-order valence-corrected chi connectivity index (χ0v) is 14.4. The monoisotopic (exact) mass is 338 g/mol. The first-order valence-electron chi connectivity index (χ1n) is 7.10. The fraction of sp³-hybridized carbons (Fsp3) is 0.400. The number of aromatic nitrogens is 3. The second-order valence-corrected chi connectivity index (χ2v) is 6.43. The molecule has 0 bridgehead atoms. The van der Waals surface area contributed by atoms with Gasteiger partial charge in [0.15, 0.2) is 5.16 Å². The maximum Gasteiger partial charge on any atom is 0.230 e. The van der Waals surface area contributed by atoms with Gasteiger partial charge in [-0.3, -0.25) is 9.36 Å². The first-order chi connectivity index (χ1) is 10.5. The normalized spacial score (nSPS) is 12.2.